The number of halogens is 2. The van der Waals surface area contributed by atoms with Crippen LogP contribution in [0.15, 0.2) is 47.4 Å². The Morgan fingerprint density at radius 3 is 2.55 bits per heavy atom. The monoisotopic (exact) mass is 527 g/mol. The number of rotatable bonds is 8. The number of hydrogen-bond donors (Lipinski definition) is 0. The Labute approximate surface area is 206 Å². The molecular weight excluding hydrogens is 505 g/mol. The Morgan fingerprint density at radius 2 is 1.85 bits per heavy atom. The Balaban J connectivity index is 1.55. The molecule has 2 aromatic carbocycles. The van der Waals surface area contributed by atoms with Crippen molar-refractivity contribution >= 4 is 65.6 Å². The molecular formula is C22H23Cl2N3O4S2. The van der Waals surface area contributed by atoms with Crippen LogP contribution in [0, 0.1) is 0 Å². The molecule has 3 aromatic rings. The van der Waals surface area contributed by atoms with Crippen molar-refractivity contribution in [1.29, 1.82) is 0 Å². The Bertz CT molecular complexity index is 1230. The molecule has 0 spiro atoms. The second-order valence-corrected chi connectivity index (χ2v) is 11.5. The molecule has 0 radical (unpaired) electrons. The van der Waals surface area contributed by atoms with Crippen LogP contribution in [0.1, 0.15) is 6.42 Å². The van der Waals surface area contributed by atoms with Gasteiger partial charge >= 0.3 is 0 Å². The molecule has 1 amide bonds. The highest BCUT2D eigenvalue weighted by molar-refractivity contribution is 7.92. The molecule has 1 aromatic heterocycles. The first-order valence-corrected chi connectivity index (χ1v) is 13.7. The van der Waals surface area contributed by atoms with Crippen LogP contribution in [0.25, 0.3) is 10.2 Å². The summed E-state index contributed by atoms with van der Waals surface area (Å²) >= 11 is 13.5. The predicted molar refractivity (Wildman–Crippen MR) is 132 cm³/mol. The van der Waals surface area contributed by atoms with Crippen LogP contribution in [0.5, 0.6) is 0 Å². The summed E-state index contributed by atoms with van der Waals surface area (Å²) in [6.07, 6.45) is 0.677. The normalized spacial score (nSPS) is 15.1. The summed E-state index contributed by atoms with van der Waals surface area (Å²) in [5.74, 6) is -1.18. The van der Waals surface area contributed by atoms with E-state index in [4.69, 9.17) is 27.9 Å². The molecule has 1 saturated heterocycles. The molecule has 0 aliphatic carbocycles. The largest absolute Gasteiger partial charge is 0.379 e. The van der Waals surface area contributed by atoms with Gasteiger partial charge in [-0.2, -0.15) is 0 Å². The zero-order chi connectivity index (χ0) is 23.4. The van der Waals surface area contributed by atoms with E-state index in [9.17, 15) is 13.2 Å². The zero-order valence-corrected chi connectivity index (χ0v) is 20.9. The number of morpholine rings is 1. The van der Waals surface area contributed by atoms with Gasteiger partial charge < -0.3 is 4.74 Å². The molecule has 1 aliphatic heterocycles. The fourth-order valence-corrected chi connectivity index (χ4v) is 6.22. The number of benzene rings is 2. The minimum atomic E-state index is -3.84. The number of carbonyl (C=O) groups is 1. The molecule has 0 saturated carbocycles. The molecule has 7 nitrogen and oxygen atoms in total. The summed E-state index contributed by atoms with van der Waals surface area (Å²) in [5, 5.41) is 1.36. The average Bonchev–Trinajstić information content (AvgIpc) is 3.22. The number of anilines is 1. The van der Waals surface area contributed by atoms with Crippen LogP contribution < -0.4 is 4.90 Å². The van der Waals surface area contributed by atoms with Crippen molar-refractivity contribution in [3.05, 3.63) is 52.5 Å². The number of nitrogens with zero attached hydrogens (tertiary/aromatic N) is 3. The smallest absolute Gasteiger partial charge is 0.244 e. The fourth-order valence-electron chi connectivity index (χ4n) is 3.59. The third-order valence-corrected chi connectivity index (χ3v) is 8.55. The van der Waals surface area contributed by atoms with E-state index >= 15 is 0 Å². The van der Waals surface area contributed by atoms with Crippen molar-refractivity contribution in [2.75, 3.05) is 50.0 Å². The first kappa shape index (κ1) is 24.4. The van der Waals surface area contributed by atoms with Crippen molar-refractivity contribution in [3.63, 3.8) is 0 Å². The van der Waals surface area contributed by atoms with Crippen molar-refractivity contribution in [1.82, 2.24) is 9.88 Å². The highest BCUT2D eigenvalue weighted by Gasteiger charge is 2.27. The quantitative estimate of drug-likeness (QED) is 0.438. The number of thiazole rings is 1. The number of amides is 1. The van der Waals surface area contributed by atoms with Gasteiger partial charge in [-0.15, -0.1) is 0 Å². The van der Waals surface area contributed by atoms with Gasteiger partial charge in [0.2, 0.25) is 5.91 Å². The number of sulfone groups is 1. The van der Waals surface area contributed by atoms with E-state index in [0.29, 0.717) is 46.9 Å². The minimum absolute atomic E-state index is 0.0564. The molecule has 0 unspecified atom stereocenters. The van der Waals surface area contributed by atoms with E-state index in [1.54, 1.807) is 6.07 Å². The molecule has 4 rings (SSSR count). The van der Waals surface area contributed by atoms with Crippen LogP contribution in [0.2, 0.25) is 10.0 Å². The highest BCUT2D eigenvalue weighted by Crippen LogP contribution is 2.33. The highest BCUT2D eigenvalue weighted by atomic mass is 35.5. The minimum Gasteiger partial charge on any atom is -0.379 e. The van der Waals surface area contributed by atoms with Gasteiger partial charge in [-0.1, -0.05) is 40.6 Å². The van der Waals surface area contributed by atoms with Gasteiger partial charge in [-0.05, 0) is 42.8 Å². The predicted octanol–water partition coefficient (Wildman–Crippen LogP) is 4.13. The maximum Gasteiger partial charge on any atom is 0.244 e. The zero-order valence-electron chi connectivity index (χ0n) is 17.7. The summed E-state index contributed by atoms with van der Waals surface area (Å²) in [6.45, 7) is 4.20. The maximum absolute atomic E-state index is 13.3. The van der Waals surface area contributed by atoms with Crippen molar-refractivity contribution in [3.8, 4) is 0 Å². The van der Waals surface area contributed by atoms with Crippen molar-refractivity contribution in [2.24, 2.45) is 0 Å². The molecule has 0 atom stereocenters. The molecule has 1 fully saturated rings. The van der Waals surface area contributed by atoms with E-state index < -0.39 is 21.5 Å². The number of carbonyl (C=O) groups excluding carboxylic acids is 1. The molecule has 1 aliphatic rings. The van der Waals surface area contributed by atoms with Gasteiger partial charge in [0.05, 0.1) is 27.8 Å². The summed E-state index contributed by atoms with van der Waals surface area (Å²) in [6, 6.07) is 11.2. The number of fused-ring (bicyclic) bond motifs is 1. The van der Waals surface area contributed by atoms with Gasteiger partial charge in [-0.25, -0.2) is 13.4 Å². The van der Waals surface area contributed by atoms with Crippen molar-refractivity contribution in [2.45, 2.75) is 11.3 Å². The third-order valence-electron chi connectivity index (χ3n) is 5.34. The topological polar surface area (TPSA) is 79.8 Å². The van der Waals surface area contributed by atoms with Crippen LogP contribution in [0.3, 0.4) is 0 Å². The Hall–Kier alpha value is -1.75. The van der Waals surface area contributed by atoms with Crippen LogP contribution in [0.4, 0.5) is 5.13 Å². The maximum atomic E-state index is 13.3. The number of aromatic nitrogens is 1. The first-order valence-electron chi connectivity index (χ1n) is 10.5. The van der Waals surface area contributed by atoms with E-state index in [1.807, 2.05) is 12.1 Å². The standard InChI is InChI=1S/C22H23Cl2N3O4S2/c23-16-5-7-17(8-6-16)33(29,30)15-20(28)27(10-2-9-26-11-13-31-14-12-26)22-25-21-18(24)3-1-4-19(21)32-22/h1,3-8H,2,9-15H2. The summed E-state index contributed by atoms with van der Waals surface area (Å²) in [4.78, 5) is 21.6. The van der Waals surface area contributed by atoms with Gasteiger partial charge in [0.15, 0.2) is 15.0 Å². The lowest BCUT2D eigenvalue weighted by molar-refractivity contribution is -0.116. The number of para-hydroxylation sites is 1. The van der Waals surface area contributed by atoms with Gasteiger partial charge in [0.1, 0.15) is 11.3 Å². The summed E-state index contributed by atoms with van der Waals surface area (Å²) in [7, 11) is -3.84. The lowest BCUT2D eigenvalue weighted by Crippen LogP contribution is -2.40. The van der Waals surface area contributed by atoms with Crippen molar-refractivity contribution < 1.29 is 17.9 Å². The molecule has 2 heterocycles. The second kappa shape index (κ2) is 10.7. The average molecular weight is 528 g/mol. The lowest BCUT2D eigenvalue weighted by atomic mass is 10.3. The number of ether oxygens (including phenoxy) is 1. The van der Waals surface area contributed by atoms with E-state index in [1.165, 1.54) is 40.5 Å². The summed E-state index contributed by atoms with van der Waals surface area (Å²) < 4.78 is 32.0. The van der Waals surface area contributed by atoms with Crippen LogP contribution in [-0.2, 0) is 19.4 Å². The van der Waals surface area contributed by atoms with Crippen LogP contribution in [-0.4, -0.2) is 69.4 Å². The molecule has 33 heavy (non-hydrogen) atoms. The second-order valence-electron chi connectivity index (χ2n) is 7.65. The first-order chi connectivity index (χ1) is 15.8. The van der Waals surface area contributed by atoms with Gasteiger partial charge in [0.25, 0.3) is 0 Å². The van der Waals surface area contributed by atoms with Gasteiger partial charge in [-0.3, -0.25) is 14.6 Å². The molecule has 0 N–H and O–H groups in total. The van der Waals surface area contributed by atoms with Gasteiger partial charge in [0, 0.05) is 31.2 Å². The molecule has 176 valence electrons. The fraction of sp³-hybridized carbons (Fsp3) is 0.364. The molecule has 0 bridgehead atoms. The summed E-state index contributed by atoms with van der Waals surface area (Å²) in [5.41, 5.74) is 0.603. The lowest BCUT2D eigenvalue weighted by Gasteiger charge is -2.27. The Kier molecular flexibility index (Phi) is 7.88. The third kappa shape index (κ3) is 6.03. The molecule has 11 heteroatoms. The van der Waals surface area contributed by atoms with E-state index in [0.717, 1.165) is 24.3 Å². The van der Waals surface area contributed by atoms with E-state index in [-0.39, 0.29) is 4.90 Å². The van der Waals surface area contributed by atoms with Crippen LogP contribution >= 0.6 is 34.5 Å². The SMILES string of the molecule is O=C(CS(=O)(=O)c1ccc(Cl)cc1)N(CCCN1CCOCC1)c1nc2c(Cl)cccc2s1. The Morgan fingerprint density at radius 1 is 1.12 bits per heavy atom. The van der Waals surface area contributed by atoms with E-state index in [2.05, 4.69) is 9.88 Å². The number of hydrogen-bond acceptors (Lipinski definition) is 7.